The molecule has 6 nitrogen and oxygen atoms in total. The monoisotopic (exact) mass is 359 g/mol. The maximum Gasteiger partial charge on any atom is 0.278 e. The third-order valence-corrected chi connectivity index (χ3v) is 4.88. The Morgan fingerprint density at radius 2 is 1.89 bits per heavy atom. The average Bonchev–Trinajstić information content (AvgIpc) is 3.16. The normalized spacial score (nSPS) is 12.7. The topological polar surface area (TPSA) is 62.2 Å². The number of amides is 1. The van der Waals surface area contributed by atoms with E-state index in [1.54, 1.807) is 23.4 Å². The Morgan fingerprint density at radius 1 is 1.07 bits per heavy atom. The lowest BCUT2D eigenvalue weighted by atomic mass is 10.2. The third kappa shape index (κ3) is 3.65. The van der Waals surface area contributed by atoms with Crippen LogP contribution in [0.25, 0.3) is 0 Å². The molecule has 6 heteroatoms. The highest BCUT2D eigenvalue weighted by Crippen LogP contribution is 2.28. The zero-order valence-corrected chi connectivity index (χ0v) is 15.2. The van der Waals surface area contributed by atoms with Crippen LogP contribution < -0.4 is 9.80 Å². The lowest BCUT2D eigenvalue weighted by Gasteiger charge is -2.19. The number of hydrogen-bond acceptors (Lipinski definition) is 5. The molecule has 0 atom stereocenters. The third-order valence-electron chi connectivity index (χ3n) is 4.88. The molecule has 4 rings (SSSR count). The Bertz CT molecular complexity index is 927. The molecule has 1 amide bonds. The van der Waals surface area contributed by atoms with Gasteiger partial charge < -0.3 is 9.80 Å². The number of nitrogens with zero attached hydrogens (tertiary/aromatic N) is 5. The molecule has 27 heavy (non-hydrogen) atoms. The Kier molecular flexibility index (Phi) is 4.78. The van der Waals surface area contributed by atoms with Crippen LogP contribution in [0.15, 0.2) is 60.9 Å². The number of carbonyl (C=O) groups is 1. The quantitative estimate of drug-likeness (QED) is 0.701. The molecular weight excluding hydrogens is 338 g/mol. The summed E-state index contributed by atoms with van der Waals surface area (Å²) in [4.78, 5) is 20.7. The maximum atomic E-state index is 12.8. The first-order valence-electron chi connectivity index (χ1n) is 9.06. The summed E-state index contributed by atoms with van der Waals surface area (Å²) in [5.41, 5.74) is 3.77. The van der Waals surface area contributed by atoms with Crippen molar-refractivity contribution in [1.29, 1.82) is 0 Å². The van der Waals surface area contributed by atoms with E-state index in [2.05, 4.69) is 21.2 Å². The van der Waals surface area contributed by atoms with Crippen LogP contribution in [0.5, 0.6) is 0 Å². The number of aromatic nitrogens is 3. The van der Waals surface area contributed by atoms with Gasteiger partial charge in [0.05, 0.1) is 0 Å². The number of pyridine rings is 1. The molecular formula is C21H21N5O. The number of rotatable bonds is 5. The van der Waals surface area contributed by atoms with Crippen LogP contribution in [0.4, 0.5) is 11.5 Å². The Balaban J connectivity index is 1.42. The van der Waals surface area contributed by atoms with E-state index in [0.717, 1.165) is 30.9 Å². The van der Waals surface area contributed by atoms with Gasteiger partial charge in [-0.15, -0.1) is 10.2 Å². The first-order valence-corrected chi connectivity index (χ1v) is 9.06. The highest BCUT2D eigenvalue weighted by molar-refractivity contribution is 6.06. The first kappa shape index (κ1) is 17.1. The van der Waals surface area contributed by atoms with Crippen molar-refractivity contribution in [3.63, 3.8) is 0 Å². The summed E-state index contributed by atoms with van der Waals surface area (Å²) in [5.74, 6) is 0.654. The van der Waals surface area contributed by atoms with Crippen molar-refractivity contribution in [3.05, 3.63) is 77.7 Å². The lowest BCUT2D eigenvalue weighted by Crippen LogP contribution is -2.30. The maximum absolute atomic E-state index is 12.8. The Hall–Kier alpha value is -3.28. The van der Waals surface area contributed by atoms with Crippen LogP contribution in [-0.4, -0.2) is 41.2 Å². The van der Waals surface area contributed by atoms with Gasteiger partial charge in [-0.05, 0) is 54.3 Å². The Morgan fingerprint density at radius 3 is 2.67 bits per heavy atom. The molecule has 3 heterocycles. The SMILES string of the molecule is CN(CCc1ccncc1)c1ccc(C(=O)N2CCc3ccccc32)nn1. The molecule has 0 N–H and O–H groups in total. The predicted molar refractivity (Wildman–Crippen MR) is 105 cm³/mol. The molecule has 0 radical (unpaired) electrons. The van der Waals surface area contributed by atoms with Crippen molar-refractivity contribution in [2.24, 2.45) is 0 Å². The number of fused-ring (bicyclic) bond motifs is 1. The molecule has 1 aromatic carbocycles. The second-order valence-corrected chi connectivity index (χ2v) is 6.64. The molecule has 136 valence electrons. The summed E-state index contributed by atoms with van der Waals surface area (Å²) >= 11 is 0. The van der Waals surface area contributed by atoms with Crippen molar-refractivity contribution >= 4 is 17.4 Å². The fourth-order valence-corrected chi connectivity index (χ4v) is 3.29. The molecule has 0 unspecified atom stereocenters. The molecule has 1 aliphatic heterocycles. The molecule has 0 spiro atoms. The minimum atomic E-state index is -0.0987. The zero-order valence-electron chi connectivity index (χ0n) is 15.2. The van der Waals surface area contributed by atoms with Gasteiger partial charge in [-0.3, -0.25) is 9.78 Å². The molecule has 0 saturated carbocycles. The summed E-state index contributed by atoms with van der Waals surface area (Å²) in [7, 11) is 1.98. The van der Waals surface area contributed by atoms with Gasteiger partial charge in [-0.2, -0.15) is 0 Å². The number of hydrogen-bond donors (Lipinski definition) is 0. The fraction of sp³-hybridized carbons (Fsp3) is 0.238. The van der Waals surface area contributed by atoms with E-state index in [1.165, 1.54) is 11.1 Å². The lowest BCUT2D eigenvalue weighted by molar-refractivity contribution is 0.0983. The van der Waals surface area contributed by atoms with E-state index in [1.807, 2.05) is 48.3 Å². The first-order chi connectivity index (χ1) is 13.2. The van der Waals surface area contributed by atoms with Gasteiger partial charge in [0.15, 0.2) is 11.5 Å². The van der Waals surface area contributed by atoms with Crippen molar-refractivity contribution in [2.75, 3.05) is 29.9 Å². The van der Waals surface area contributed by atoms with Crippen LogP contribution >= 0.6 is 0 Å². The summed E-state index contributed by atoms with van der Waals surface area (Å²) < 4.78 is 0. The standard InChI is InChI=1S/C21H21N5O/c1-25(14-10-16-8-12-22-13-9-16)20-7-6-18(23-24-20)21(27)26-15-11-17-4-2-3-5-19(17)26/h2-9,12-13H,10-11,14-15H2,1H3. The van der Waals surface area contributed by atoms with Gasteiger partial charge in [-0.1, -0.05) is 18.2 Å². The van der Waals surface area contributed by atoms with Crippen LogP contribution in [0.3, 0.4) is 0 Å². The van der Waals surface area contributed by atoms with Gasteiger partial charge in [0.1, 0.15) is 0 Å². The van der Waals surface area contributed by atoms with E-state index >= 15 is 0 Å². The molecule has 0 saturated heterocycles. The van der Waals surface area contributed by atoms with Crippen LogP contribution in [-0.2, 0) is 12.8 Å². The largest absolute Gasteiger partial charge is 0.358 e. The van der Waals surface area contributed by atoms with Crippen molar-refractivity contribution in [3.8, 4) is 0 Å². The minimum Gasteiger partial charge on any atom is -0.358 e. The minimum absolute atomic E-state index is 0.0987. The van der Waals surface area contributed by atoms with Crippen LogP contribution in [0.1, 0.15) is 21.6 Å². The van der Waals surface area contributed by atoms with E-state index in [-0.39, 0.29) is 5.91 Å². The summed E-state index contributed by atoms with van der Waals surface area (Å²) in [5, 5.41) is 8.43. The highest BCUT2D eigenvalue weighted by Gasteiger charge is 2.26. The molecule has 0 fully saturated rings. The predicted octanol–water partition coefficient (Wildman–Crippen LogP) is 2.75. The Labute approximate surface area is 158 Å². The summed E-state index contributed by atoms with van der Waals surface area (Å²) in [6, 6.07) is 15.6. The van der Waals surface area contributed by atoms with Gasteiger partial charge >= 0.3 is 0 Å². The van der Waals surface area contributed by atoms with Gasteiger partial charge in [-0.25, -0.2) is 0 Å². The second kappa shape index (κ2) is 7.53. The summed E-state index contributed by atoms with van der Waals surface area (Å²) in [6.45, 7) is 1.50. The highest BCUT2D eigenvalue weighted by atomic mass is 16.2. The molecule has 0 aliphatic carbocycles. The zero-order chi connectivity index (χ0) is 18.6. The fourth-order valence-electron chi connectivity index (χ4n) is 3.29. The number of likely N-dealkylation sites (N-methyl/N-ethyl adjacent to an activating group) is 1. The van der Waals surface area contributed by atoms with E-state index in [0.29, 0.717) is 12.2 Å². The van der Waals surface area contributed by atoms with Crippen molar-refractivity contribution in [2.45, 2.75) is 12.8 Å². The average molecular weight is 359 g/mol. The molecule has 2 aromatic heterocycles. The van der Waals surface area contributed by atoms with E-state index in [4.69, 9.17) is 0 Å². The van der Waals surface area contributed by atoms with Crippen molar-refractivity contribution in [1.82, 2.24) is 15.2 Å². The van der Waals surface area contributed by atoms with E-state index < -0.39 is 0 Å². The smallest absolute Gasteiger partial charge is 0.278 e. The van der Waals surface area contributed by atoms with Gasteiger partial charge in [0.25, 0.3) is 5.91 Å². The number of benzene rings is 1. The van der Waals surface area contributed by atoms with E-state index in [9.17, 15) is 4.79 Å². The van der Waals surface area contributed by atoms with Crippen molar-refractivity contribution < 1.29 is 4.79 Å². The van der Waals surface area contributed by atoms with Gasteiger partial charge in [0.2, 0.25) is 0 Å². The second-order valence-electron chi connectivity index (χ2n) is 6.64. The molecule has 0 bridgehead atoms. The molecule has 3 aromatic rings. The summed E-state index contributed by atoms with van der Waals surface area (Å²) in [6.07, 6.45) is 5.37. The van der Waals surface area contributed by atoms with Crippen LogP contribution in [0.2, 0.25) is 0 Å². The number of carbonyl (C=O) groups excluding carboxylic acids is 1. The van der Waals surface area contributed by atoms with Gasteiger partial charge in [0, 0.05) is 38.2 Å². The van der Waals surface area contributed by atoms with Crippen LogP contribution in [0, 0.1) is 0 Å². The molecule has 1 aliphatic rings. The number of anilines is 2. The number of para-hydroxylation sites is 1.